The Labute approximate surface area is 122 Å². The third-order valence-corrected chi connectivity index (χ3v) is 4.23. The van der Waals surface area contributed by atoms with Crippen LogP contribution in [0.3, 0.4) is 0 Å². The van der Waals surface area contributed by atoms with Crippen molar-refractivity contribution in [2.45, 2.75) is 6.42 Å². The highest BCUT2D eigenvalue weighted by atomic mass is 79.9. The van der Waals surface area contributed by atoms with Gasteiger partial charge in [-0.3, -0.25) is 4.79 Å². The molecule has 2 aromatic rings. The van der Waals surface area contributed by atoms with Gasteiger partial charge in [0.15, 0.2) is 0 Å². The highest BCUT2D eigenvalue weighted by molar-refractivity contribution is 9.11. The summed E-state index contributed by atoms with van der Waals surface area (Å²) in [7, 11) is 0. The van der Waals surface area contributed by atoms with Crippen LogP contribution in [0.15, 0.2) is 34.1 Å². The number of hydrogen-bond donors (Lipinski definition) is 2. The first kappa shape index (κ1) is 14.0. The molecule has 1 amide bonds. The molecule has 100 valence electrons. The van der Waals surface area contributed by atoms with Gasteiger partial charge in [0.2, 0.25) is 0 Å². The highest BCUT2D eigenvalue weighted by Gasteiger charge is 2.10. The fourth-order valence-corrected chi connectivity index (χ4v) is 3.09. The van der Waals surface area contributed by atoms with Crippen molar-refractivity contribution >= 4 is 38.9 Å². The monoisotopic (exact) mass is 342 g/mol. The molecule has 0 radical (unpaired) electrons. The topological polar surface area (TPSA) is 55.1 Å². The van der Waals surface area contributed by atoms with Gasteiger partial charge in [0.05, 0.1) is 9.35 Å². The molecular formula is C13H12BrFN2OS. The number of carbonyl (C=O) groups is 1. The van der Waals surface area contributed by atoms with Crippen molar-refractivity contribution in [3.8, 4) is 0 Å². The van der Waals surface area contributed by atoms with Crippen molar-refractivity contribution in [2.75, 3.05) is 12.3 Å². The molecule has 3 N–H and O–H groups in total. The minimum Gasteiger partial charge on any atom is -0.398 e. The molecule has 0 saturated carbocycles. The molecule has 0 aliphatic carbocycles. The van der Waals surface area contributed by atoms with Crippen LogP contribution >= 0.6 is 27.3 Å². The van der Waals surface area contributed by atoms with Gasteiger partial charge in [-0.2, -0.15) is 0 Å². The molecule has 0 aliphatic rings. The molecule has 0 spiro atoms. The van der Waals surface area contributed by atoms with Crippen LogP contribution in [0.1, 0.15) is 15.2 Å². The normalized spacial score (nSPS) is 10.4. The molecule has 0 fully saturated rings. The van der Waals surface area contributed by atoms with Crippen LogP contribution in [0.2, 0.25) is 0 Å². The lowest BCUT2D eigenvalue weighted by Crippen LogP contribution is -2.26. The second-order valence-corrected chi connectivity index (χ2v) is 6.49. The van der Waals surface area contributed by atoms with Crippen molar-refractivity contribution in [1.82, 2.24) is 5.32 Å². The Bertz CT molecular complexity index is 600. The summed E-state index contributed by atoms with van der Waals surface area (Å²) < 4.78 is 14.1. The standard InChI is InChI=1S/C13H12BrFN2OS/c14-12-4-2-9(19-12)5-6-17-13(18)10-7-8(15)1-3-11(10)16/h1-4,7H,5-6,16H2,(H,17,18). The fraction of sp³-hybridized carbons (Fsp3) is 0.154. The second-order valence-electron chi connectivity index (χ2n) is 3.94. The highest BCUT2D eigenvalue weighted by Crippen LogP contribution is 2.22. The molecule has 3 nitrogen and oxygen atoms in total. The zero-order valence-electron chi connectivity index (χ0n) is 9.95. The van der Waals surface area contributed by atoms with Gasteiger partial charge in [-0.25, -0.2) is 4.39 Å². The predicted octanol–water partition coefficient (Wildman–Crippen LogP) is 3.20. The van der Waals surface area contributed by atoms with Gasteiger partial charge >= 0.3 is 0 Å². The van der Waals surface area contributed by atoms with Crippen molar-refractivity contribution < 1.29 is 9.18 Å². The van der Waals surface area contributed by atoms with Gasteiger partial charge in [0.25, 0.3) is 5.91 Å². The number of carbonyl (C=O) groups excluding carboxylic acids is 1. The van der Waals surface area contributed by atoms with E-state index in [1.807, 2.05) is 12.1 Å². The lowest BCUT2D eigenvalue weighted by Gasteiger charge is -2.07. The van der Waals surface area contributed by atoms with Crippen LogP contribution in [0.5, 0.6) is 0 Å². The average Bonchev–Trinajstić information content (AvgIpc) is 2.78. The van der Waals surface area contributed by atoms with E-state index in [2.05, 4.69) is 21.2 Å². The number of hydrogen-bond acceptors (Lipinski definition) is 3. The van der Waals surface area contributed by atoms with Gasteiger partial charge in [-0.1, -0.05) is 0 Å². The quantitative estimate of drug-likeness (QED) is 0.838. The zero-order chi connectivity index (χ0) is 13.8. The molecule has 2 rings (SSSR count). The fourth-order valence-electron chi connectivity index (χ4n) is 1.61. The summed E-state index contributed by atoms with van der Waals surface area (Å²) in [6, 6.07) is 7.73. The number of anilines is 1. The first-order chi connectivity index (χ1) is 9.06. The van der Waals surface area contributed by atoms with E-state index in [1.165, 1.54) is 17.0 Å². The van der Waals surface area contributed by atoms with Gasteiger partial charge in [-0.15, -0.1) is 11.3 Å². The SMILES string of the molecule is Nc1ccc(F)cc1C(=O)NCCc1ccc(Br)s1. The summed E-state index contributed by atoms with van der Waals surface area (Å²) in [5, 5.41) is 2.73. The maximum absolute atomic E-state index is 13.1. The summed E-state index contributed by atoms with van der Waals surface area (Å²) in [6.07, 6.45) is 0.733. The van der Waals surface area contributed by atoms with Crippen molar-refractivity contribution in [2.24, 2.45) is 0 Å². The lowest BCUT2D eigenvalue weighted by molar-refractivity contribution is 0.0954. The Morgan fingerprint density at radius 3 is 2.84 bits per heavy atom. The number of nitrogens with one attached hydrogen (secondary N) is 1. The van der Waals surface area contributed by atoms with Crippen LogP contribution in [-0.4, -0.2) is 12.5 Å². The minimum atomic E-state index is -0.471. The van der Waals surface area contributed by atoms with Crippen LogP contribution in [-0.2, 0) is 6.42 Å². The number of nitrogens with two attached hydrogens (primary N) is 1. The summed E-state index contributed by atoms with van der Waals surface area (Å²) >= 11 is 5.00. The molecule has 0 aliphatic heterocycles. The van der Waals surface area contributed by atoms with Crippen LogP contribution in [0.25, 0.3) is 0 Å². The molecular weight excluding hydrogens is 331 g/mol. The summed E-state index contributed by atoms with van der Waals surface area (Å²) in [5.41, 5.74) is 6.09. The molecule has 0 unspecified atom stereocenters. The Morgan fingerprint density at radius 2 is 2.16 bits per heavy atom. The van der Waals surface area contributed by atoms with E-state index in [4.69, 9.17) is 5.73 Å². The van der Waals surface area contributed by atoms with Crippen molar-refractivity contribution in [1.29, 1.82) is 0 Å². The number of amides is 1. The Kier molecular flexibility index (Phi) is 4.55. The Morgan fingerprint density at radius 1 is 1.37 bits per heavy atom. The van der Waals surface area contributed by atoms with Crippen LogP contribution < -0.4 is 11.1 Å². The predicted molar refractivity (Wildman–Crippen MR) is 78.9 cm³/mol. The Hall–Kier alpha value is -1.40. The summed E-state index contributed by atoms with van der Waals surface area (Å²) in [6.45, 7) is 0.488. The van der Waals surface area contributed by atoms with E-state index in [9.17, 15) is 9.18 Å². The van der Waals surface area contributed by atoms with E-state index < -0.39 is 5.82 Å². The molecule has 0 atom stereocenters. The van der Waals surface area contributed by atoms with E-state index >= 15 is 0 Å². The van der Waals surface area contributed by atoms with E-state index in [1.54, 1.807) is 11.3 Å². The van der Waals surface area contributed by atoms with Gasteiger partial charge in [0, 0.05) is 17.1 Å². The molecule has 6 heteroatoms. The second kappa shape index (κ2) is 6.16. The number of rotatable bonds is 4. The average molecular weight is 343 g/mol. The van der Waals surface area contributed by atoms with Gasteiger partial charge in [-0.05, 0) is 52.7 Å². The number of nitrogen functional groups attached to an aromatic ring is 1. The molecule has 0 saturated heterocycles. The lowest BCUT2D eigenvalue weighted by atomic mass is 10.1. The number of benzene rings is 1. The first-order valence-corrected chi connectivity index (χ1v) is 7.24. The van der Waals surface area contributed by atoms with E-state index in [-0.39, 0.29) is 17.2 Å². The van der Waals surface area contributed by atoms with E-state index in [0.717, 1.165) is 16.3 Å². The molecule has 0 bridgehead atoms. The van der Waals surface area contributed by atoms with Crippen LogP contribution in [0.4, 0.5) is 10.1 Å². The first-order valence-electron chi connectivity index (χ1n) is 5.63. The maximum atomic E-state index is 13.1. The minimum absolute atomic E-state index is 0.173. The summed E-state index contributed by atoms with van der Waals surface area (Å²) in [4.78, 5) is 13.0. The maximum Gasteiger partial charge on any atom is 0.253 e. The largest absolute Gasteiger partial charge is 0.398 e. The number of halogens is 2. The smallest absolute Gasteiger partial charge is 0.253 e. The molecule has 19 heavy (non-hydrogen) atoms. The molecule has 1 aromatic heterocycles. The molecule has 1 heterocycles. The number of thiophene rings is 1. The summed E-state index contributed by atoms with van der Waals surface area (Å²) in [5.74, 6) is -0.825. The van der Waals surface area contributed by atoms with Crippen LogP contribution in [0, 0.1) is 5.82 Å². The van der Waals surface area contributed by atoms with Gasteiger partial charge < -0.3 is 11.1 Å². The van der Waals surface area contributed by atoms with Gasteiger partial charge in [0.1, 0.15) is 5.82 Å². The van der Waals surface area contributed by atoms with Crippen molar-refractivity contribution in [3.05, 3.63) is 50.4 Å². The van der Waals surface area contributed by atoms with Crippen molar-refractivity contribution in [3.63, 3.8) is 0 Å². The Balaban J connectivity index is 1.92. The zero-order valence-corrected chi connectivity index (χ0v) is 12.4. The van der Waals surface area contributed by atoms with E-state index in [0.29, 0.717) is 6.54 Å². The third kappa shape index (κ3) is 3.78. The third-order valence-electron chi connectivity index (χ3n) is 2.55. The molecule has 1 aromatic carbocycles.